The highest BCUT2D eigenvalue weighted by molar-refractivity contribution is 6.32. The van der Waals surface area contributed by atoms with Crippen LogP contribution in [0.25, 0.3) is 0 Å². The van der Waals surface area contributed by atoms with Gasteiger partial charge >= 0.3 is 0 Å². The van der Waals surface area contributed by atoms with Crippen molar-refractivity contribution >= 4 is 46.4 Å². The minimum atomic E-state index is -0.571. The number of nitrogens with one attached hydrogen (secondary N) is 2. The van der Waals surface area contributed by atoms with E-state index in [1.165, 1.54) is 0 Å². The standard InChI is InChI=1S/C30H23Cl2N3O2/c1-19-15-25(26(18-33)21-7-11-23(31)12-8-21)27(32)17-28(19)35-30(37)22-9-13-24(14-10-22)34-29(36)16-20-5-3-2-4-6-20/h2-15,17,26H,16H2,1H3,(H,34,36)(H,35,37). The number of rotatable bonds is 7. The monoisotopic (exact) mass is 527 g/mol. The molecule has 4 aromatic rings. The van der Waals surface area contributed by atoms with E-state index in [0.29, 0.717) is 32.5 Å². The lowest BCUT2D eigenvalue weighted by Gasteiger charge is -2.16. The summed E-state index contributed by atoms with van der Waals surface area (Å²) >= 11 is 12.5. The number of aryl methyl sites for hydroxylation is 1. The van der Waals surface area contributed by atoms with Gasteiger partial charge in [-0.1, -0.05) is 71.7 Å². The molecule has 1 atom stereocenters. The number of nitrogens with zero attached hydrogens (tertiary/aromatic N) is 1. The molecular weight excluding hydrogens is 505 g/mol. The van der Waals surface area contributed by atoms with Crippen molar-refractivity contribution in [1.82, 2.24) is 0 Å². The van der Waals surface area contributed by atoms with Gasteiger partial charge in [-0.15, -0.1) is 0 Å². The molecule has 0 heterocycles. The molecule has 0 bridgehead atoms. The van der Waals surface area contributed by atoms with E-state index >= 15 is 0 Å². The van der Waals surface area contributed by atoms with Crippen LogP contribution in [-0.2, 0) is 11.2 Å². The number of nitriles is 1. The van der Waals surface area contributed by atoms with Crippen LogP contribution in [0.5, 0.6) is 0 Å². The van der Waals surface area contributed by atoms with Crippen LogP contribution in [0.1, 0.15) is 38.5 Å². The second kappa shape index (κ2) is 11.7. The van der Waals surface area contributed by atoms with Crippen molar-refractivity contribution < 1.29 is 9.59 Å². The highest BCUT2D eigenvalue weighted by atomic mass is 35.5. The predicted molar refractivity (Wildman–Crippen MR) is 148 cm³/mol. The fourth-order valence-electron chi connectivity index (χ4n) is 3.92. The first kappa shape index (κ1) is 26.0. The Kier molecular flexibility index (Phi) is 8.25. The Morgan fingerprint density at radius 3 is 2.22 bits per heavy atom. The Morgan fingerprint density at radius 2 is 1.57 bits per heavy atom. The van der Waals surface area contributed by atoms with Gasteiger partial charge in [-0.05, 0) is 71.6 Å². The Hall–Kier alpha value is -4.11. The number of hydrogen-bond acceptors (Lipinski definition) is 3. The van der Waals surface area contributed by atoms with Crippen molar-refractivity contribution in [2.45, 2.75) is 19.3 Å². The van der Waals surface area contributed by atoms with Gasteiger partial charge in [-0.2, -0.15) is 5.26 Å². The second-order valence-corrected chi connectivity index (χ2v) is 9.39. The Morgan fingerprint density at radius 1 is 0.892 bits per heavy atom. The molecule has 0 aliphatic heterocycles. The summed E-state index contributed by atoms with van der Waals surface area (Å²) in [5.74, 6) is -1.02. The minimum Gasteiger partial charge on any atom is -0.326 e. The molecule has 4 aromatic carbocycles. The van der Waals surface area contributed by atoms with Gasteiger partial charge in [-0.3, -0.25) is 9.59 Å². The number of halogens is 2. The fraction of sp³-hybridized carbons (Fsp3) is 0.100. The van der Waals surface area contributed by atoms with Crippen LogP contribution in [0.15, 0.2) is 91.0 Å². The van der Waals surface area contributed by atoms with Gasteiger partial charge in [0, 0.05) is 27.0 Å². The van der Waals surface area contributed by atoms with Crippen molar-refractivity contribution in [3.63, 3.8) is 0 Å². The maximum atomic E-state index is 12.9. The van der Waals surface area contributed by atoms with Crippen molar-refractivity contribution in [2.24, 2.45) is 0 Å². The van der Waals surface area contributed by atoms with E-state index < -0.39 is 5.92 Å². The Balaban J connectivity index is 1.44. The Labute approximate surface area is 225 Å². The van der Waals surface area contributed by atoms with Gasteiger partial charge in [0.15, 0.2) is 0 Å². The summed E-state index contributed by atoms with van der Waals surface area (Å²) in [6.45, 7) is 1.84. The smallest absolute Gasteiger partial charge is 0.255 e. The summed E-state index contributed by atoms with van der Waals surface area (Å²) in [6.07, 6.45) is 0.268. The molecule has 0 aliphatic rings. The first-order valence-corrected chi connectivity index (χ1v) is 12.3. The number of anilines is 2. The molecular formula is C30H23Cl2N3O2. The van der Waals surface area contributed by atoms with Gasteiger partial charge in [0.05, 0.1) is 18.4 Å². The summed E-state index contributed by atoms with van der Waals surface area (Å²) in [5.41, 5.74) is 4.70. The number of carbonyl (C=O) groups is 2. The van der Waals surface area contributed by atoms with E-state index in [9.17, 15) is 14.9 Å². The topological polar surface area (TPSA) is 82.0 Å². The van der Waals surface area contributed by atoms with Crippen LogP contribution in [0, 0.1) is 18.3 Å². The average molecular weight is 528 g/mol. The van der Waals surface area contributed by atoms with E-state index in [-0.39, 0.29) is 18.2 Å². The van der Waals surface area contributed by atoms with Gasteiger partial charge in [0.1, 0.15) is 0 Å². The number of benzene rings is 4. The highest BCUT2D eigenvalue weighted by Crippen LogP contribution is 2.34. The van der Waals surface area contributed by atoms with Crippen molar-refractivity contribution in [2.75, 3.05) is 10.6 Å². The third kappa shape index (κ3) is 6.56. The normalized spacial score (nSPS) is 11.3. The maximum Gasteiger partial charge on any atom is 0.255 e. The lowest BCUT2D eigenvalue weighted by molar-refractivity contribution is -0.115. The molecule has 0 saturated carbocycles. The number of hydrogen-bond donors (Lipinski definition) is 2. The average Bonchev–Trinajstić information content (AvgIpc) is 2.89. The summed E-state index contributed by atoms with van der Waals surface area (Å²) in [6, 6.07) is 28.9. The lowest BCUT2D eigenvalue weighted by Crippen LogP contribution is -2.15. The van der Waals surface area contributed by atoms with E-state index in [1.807, 2.05) is 43.3 Å². The van der Waals surface area contributed by atoms with Crippen LogP contribution < -0.4 is 10.6 Å². The van der Waals surface area contributed by atoms with Crippen LogP contribution in [-0.4, -0.2) is 11.8 Å². The van der Waals surface area contributed by atoms with E-state index in [0.717, 1.165) is 16.7 Å². The third-order valence-electron chi connectivity index (χ3n) is 5.87. The predicted octanol–water partition coefficient (Wildman–Crippen LogP) is 7.39. The molecule has 0 radical (unpaired) electrons. The molecule has 4 rings (SSSR count). The third-order valence-corrected chi connectivity index (χ3v) is 6.45. The van der Waals surface area contributed by atoms with E-state index in [1.54, 1.807) is 54.6 Å². The molecule has 5 nitrogen and oxygen atoms in total. The molecule has 7 heteroatoms. The van der Waals surface area contributed by atoms with E-state index in [2.05, 4.69) is 16.7 Å². The van der Waals surface area contributed by atoms with Gasteiger partial charge in [0.25, 0.3) is 5.91 Å². The molecule has 0 aliphatic carbocycles. The van der Waals surface area contributed by atoms with Gasteiger partial charge in [0.2, 0.25) is 5.91 Å². The van der Waals surface area contributed by atoms with Gasteiger partial charge < -0.3 is 10.6 Å². The molecule has 0 aromatic heterocycles. The molecule has 37 heavy (non-hydrogen) atoms. The number of carbonyl (C=O) groups excluding carboxylic acids is 2. The van der Waals surface area contributed by atoms with Crippen molar-refractivity contribution in [3.8, 4) is 6.07 Å². The SMILES string of the molecule is Cc1cc(C(C#N)c2ccc(Cl)cc2)c(Cl)cc1NC(=O)c1ccc(NC(=O)Cc2ccccc2)cc1. The van der Waals surface area contributed by atoms with Crippen LogP contribution in [0.4, 0.5) is 11.4 Å². The first-order valence-electron chi connectivity index (χ1n) is 11.5. The van der Waals surface area contributed by atoms with Gasteiger partial charge in [-0.25, -0.2) is 0 Å². The molecule has 1 unspecified atom stereocenters. The second-order valence-electron chi connectivity index (χ2n) is 8.54. The molecule has 2 amide bonds. The van der Waals surface area contributed by atoms with E-state index in [4.69, 9.17) is 23.2 Å². The van der Waals surface area contributed by atoms with Crippen LogP contribution in [0.3, 0.4) is 0 Å². The lowest BCUT2D eigenvalue weighted by atomic mass is 9.91. The molecule has 184 valence electrons. The summed E-state index contributed by atoms with van der Waals surface area (Å²) in [4.78, 5) is 25.2. The zero-order chi connectivity index (χ0) is 26.4. The zero-order valence-corrected chi connectivity index (χ0v) is 21.5. The quantitative estimate of drug-likeness (QED) is 0.262. The minimum absolute atomic E-state index is 0.136. The largest absolute Gasteiger partial charge is 0.326 e. The first-order chi connectivity index (χ1) is 17.8. The number of amides is 2. The summed E-state index contributed by atoms with van der Waals surface area (Å²) < 4.78 is 0. The molecule has 2 N–H and O–H groups in total. The maximum absolute atomic E-state index is 12.9. The fourth-order valence-corrected chi connectivity index (χ4v) is 4.32. The molecule has 0 spiro atoms. The summed E-state index contributed by atoms with van der Waals surface area (Å²) in [7, 11) is 0. The highest BCUT2D eigenvalue weighted by Gasteiger charge is 2.19. The Bertz CT molecular complexity index is 1460. The van der Waals surface area contributed by atoms with Crippen molar-refractivity contribution in [1.29, 1.82) is 5.26 Å². The van der Waals surface area contributed by atoms with Crippen LogP contribution in [0.2, 0.25) is 10.0 Å². The zero-order valence-electron chi connectivity index (χ0n) is 20.0. The molecule has 0 fully saturated rings. The van der Waals surface area contributed by atoms with Crippen LogP contribution >= 0.6 is 23.2 Å². The molecule has 0 saturated heterocycles. The van der Waals surface area contributed by atoms with Crippen molar-refractivity contribution in [3.05, 3.63) is 129 Å². The summed E-state index contributed by atoms with van der Waals surface area (Å²) in [5, 5.41) is 16.5.